The minimum Gasteiger partial charge on any atom is -0.391 e. The molecule has 1 aromatic carbocycles. The molecule has 0 radical (unpaired) electrons. The van der Waals surface area contributed by atoms with Crippen LogP contribution in [0.2, 0.25) is 0 Å². The van der Waals surface area contributed by atoms with Crippen LogP contribution in [0.25, 0.3) is 0 Å². The lowest BCUT2D eigenvalue weighted by Gasteiger charge is -2.26. The number of aliphatic hydroxyl groups is 1. The second kappa shape index (κ2) is 13.1. The number of nitrogens with one attached hydrogen (secondary N) is 3. The fourth-order valence-electron chi connectivity index (χ4n) is 4.23. The molecule has 1 aliphatic rings. The smallest absolute Gasteiger partial charge is 0.243 e. The summed E-state index contributed by atoms with van der Waals surface area (Å²) in [6.07, 6.45) is 4.17. The van der Waals surface area contributed by atoms with E-state index < -0.39 is 31.5 Å². The maximum atomic E-state index is 12.7. The van der Waals surface area contributed by atoms with Crippen molar-refractivity contribution in [2.75, 3.05) is 24.2 Å². The fourth-order valence-corrected chi connectivity index (χ4v) is 6.34. The Morgan fingerprint density at radius 1 is 1.06 bits per heavy atom. The van der Waals surface area contributed by atoms with E-state index in [1.54, 1.807) is 6.92 Å². The molecule has 0 heterocycles. The van der Waals surface area contributed by atoms with E-state index in [0.29, 0.717) is 0 Å². The van der Waals surface area contributed by atoms with Crippen LogP contribution in [0.4, 0.5) is 5.69 Å². The Hall–Kier alpha value is -1.89. The molecule has 1 aliphatic carbocycles. The third-order valence-corrected chi connectivity index (χ3v) is 8.15. The zero-order chi connectivity index (χ0) is 24.4. The number of hydrogen-bond donors (Lipinski definition) is 5. The first-order valence-electron chi connectivity index (χ1n) is 12.0. The minimum absolute atomic E-state index is 0.00912. The lowest BCUT2D eigenvalue weighted by Crippen LogP contribution is -2.52. The van der Waals surface area contributed by atoms with Gasteiger partial charge in [0, 0.05) is 18.4 Å². The second-order valence-electron chi connectivity index (χ2n) is 9.58. The SMILES string of the molecule is CC(C)[C@H](Nc1ccccc1)C(=O)N[C@@H](C)C(=O)NC[C@H](O)CP(=O)(O)CC1CCCCC1. The van der Waals surface area contributed by atoms with Crippen molar-refractivity contribution in [2.24, 2.45) is 11.8 Å². The van der Waals surface area contributed by atoms with Gasteiger partial charge in [-0.15, -0.1) is 0 Å². The minimum atomic E-state index is -3.46. The van der Waals surface area contributed by atoms with E-state index in [9.17, 15) is 24.2 Å². The molecule has 0 spiro atoms. The van der Waals surface area contributed by atoms with E-state index in [2.05, 4.69) is 16.0 Å². The zero-order valence-corrected chi connectivity index (χ0v) is 20.9. The van der Waals surface area contributed by atoms with Gasteiger partial charge in [0.2, 0.25) is 19.2 Å². The van der Waals surface area contributed by atoms with Crippen LogP contribution in [0.15, 0.2) is 30.3 Å². The number of benzene rings is 1. The number of hydrogen-bond acceptors (Lipinski definition) is 5. The predicted octanol–water partition coefficient (Wildman–Crippen LogP) is 2.96. The standard InChI is InChI=1S/C24H40N3O5P/c1-17(2)22(27-20-12-8-5-9-13-20)24(30)26-18(3)23(29)25-14-21(28)16-33(31,32)15-19-10-6-4-7-11-19/h5,8-9,12-13,17-19,21-22,27-28H,4,6-7,10-11,14-16H2,1-3H3,(H,25,29)(H,26,30)(H,31,32)/t18-,21-,22-/m0/s1. The van der Waals surface area contributed by atoms with Crippen LogP contribution < -0.4 is 16.0 Å². The molecule has 1 fully saturated rings. The van der Waals surface area contributed by atoms with Gasteiger partial charge in [-0.3, -0.25) is 14.2 Å². The van der Waals surface area contributed by atoms with Gasteiger partial charge >= 0.3 is 0 Å². The van der Waals surface area contributed by atoms with Crippen LogP contribution in [-0.2, 0) is 14.2 Å². The molecular formula is C24H40N3O5P. The average molecular weight is 482 g/mol. The molecule has 186 valence electrons. The van der Waals surface area contributed by atoms with Crippen LogP contribution >= 0.6 is 7.37 Å². The van der Waals surface area contributed by atoms with Gasteiger partial charge in [-0.05, 0) is 43.7 Å². The zero-order valence-electron chi connectivity index (χ0n) is 20.0. The maximum Gasteiger partial charge on any atom is 0.243 e. The first kappa shape index (κ1) is 27.4. The fraction of sp³-hybridized carbons (Fsp3) is 0.667. The molecule has 0 saturated heterocycles. The number of carbonyl (C=O) groups is 2. The summed E-state index contributed by atoms with van der Waals surface area (Å²) in [5, 5.41) is 18.7. The van der Waals surface area contributed by atoms with Crippen molar-refractivity contribution < 1.29 is 24.2 Å². The molecular weight excluding hydrogens is 441 g/mol. The van der Waals surface area contributed by atoms with Crippen LogP contribution in [0.5, 0.6) is 0 Å². The molecule has 1 saturated carbocycles. The lowest BCUT2D eigenvalue weighted by molar-refractivity contribution is -0.129. The highest BCUT2D eigenvalue weighted by atomic mass is 31.2. The molecule has 0 bridgehead atoms. The van der Waals surface area contributed by atoms with Gasteiger partial charge in [-0.2, -0.15) is 0 Å². The molecule has 0 aliphatic heterocycles. The van der Waals surface area contributed by atoms with E-state index in [4.69, 9.17) is 0 Å². The predicted molar refractivity (Wildman–Crippen MR) is 131 cm³/mol. The van der Waals surface area contributed by atoms with E-state index in [-0.39, 0.29) is 36.6 Å². The van der Waals surface area contributed by atoms with Crippen molar-refractivity contribution in [1.82, 2.24) is 10.6 Å². The molecule has 8 nitrogen and oxygen atoms in total. The van der Waals surface area contributed by atoms with Gasteiger partial charge in [-0.1, -0.05) is 51.3 Å². The molecule has 9 heteroatoms. The number of rotatable bonds is 12. The lowest BCUT2D eigenvalue weighted by atomic mass is 9.91. The van der Waals surface area contributed by atoms with Crippen LogP contribution in [0, 0.1) is 11.8 Å². The molecule has 1 aromatic rings. The van der Waals surface area contributed by atoms with Crippen molar-refractivity contribution in [1.29, 1.82) is 0 Å². The molecule has 2 rings (SSSR count). The Labute approximate surface area is 197 Å². The van der Waals surface area contributed by atoms with E-state index in [1.807, 2.05) is 44.2 Å². The summed E-state index contributed by atoms with van der Waals surface area (Å²) in [6.45, 7) is 5.27. The van der Waals surface area contributed by atoms with Gasteiger partial charge in [0.1, 0.15) is 12.1 Å². The Morgan fingerprint density at radius 3 is 2.30 bits per heavy atom. The Kier molecular flexibility index (Phi) is 10.9. The van der Waals surface area contributed by atoms with Crippen molar-refractivity contribution in [3.05, 3.63) is 30.3 Å². The molecule has 5 N–H and O–H groups in total. The highest BCUT2D eigenvalue weighted by molar-refractivity contribution is 7.58. The summed E-state index contributed by atoms with van der Waals surface area (Å²) in [6, 6.07) is 8.05. The monoisotopic (exact) mass is 481 g/mol. The first-order chi connectivity index (χ1) is 15.6. The van der Waals surface area contributed by atoms with E-state index in [1.165, 1.54) is 6.42 Å². The van der Waals surface area contributed by atoms with Crippen LogP contribution in [0.1, 0.15) is 52.9 Å². The van der Waals surface area contributed by atoms with Crippen molar-refractivity contribution in [3.8, 4) is 0 Å². The number of carbonyl (C=O) groups excluding carboxylic acids is 2. The number of amides is 2. The average Bonchev–Trinajstić information content (AvgIpc) is 2.76. The summed E-state index contributed by atoms with van der Waals surface area (Å²) >= 11 is 0. The van der Waals surface area contributed by atoms with E-state index >= 15 is 0 Å². The van der Waals surface area contributed by atoms with Crippen molar-refractivity contribution in [2.45, 2.75) is 71.1 Å². The third-order valence-electron chi connectivity index (χ3n) is 6.07. The summed E-state index contributed by atoms with van der Waals surface area (Å²) < 4.78 is 12.5. The summed E-state index contributed by atoms with van der Waals surface area (Å²) in [5.74, 6) is -0.524. The van der Waals surface area contributed by atoms with Gasteiger partial charge in [0.15, 0.2) is 0 Å². The number of aliphatic hydroxyl groups excluding tert-OH is 1. The van der Waals surface area contributed by atoms with Gasteiger partial charge in [0.05, 0.1) is 12.3 Å². The molecule has 4 atom stereocenters. The van der Waals surface area contributed by atoms with Crippen LogP contribution in [0.3, 0.4) is 0 Å². The molecule has 33 heavy (non-hydrogen) atoms. The second-order valence-corrected chi connectivity index (χ2v) is 12.0. The Bertz CT molecular complexity index is 799. The highest BCUT2D eigenvalue weighted by Gasteiger charge is 2.29. The first-order valence-corrected chi connectivity index (χ1v) is 14.0. The normalized spacial score (nSPS) is 19.2. The topological polar surface area (TPSA) is 128 Å². The molecule has 1 unspecified atom stereocenters. The van der Waals surface area contributed by atoms with E-state index in [0.717, 1.165) is 31.4 Å². The Morgan fingerprint density at radius 2 is 1.70 bits per heavy atom. The van der Waals surface area contributed by atoms with Crippen LogP contribution in [-0.4, -0.2) is 58.9 Å². The van der Waals surface area contributed by atoms with Gasteiger partial charge in [0.25, 0.3) is 0 Å². The van der Waals surface area contributed by atoms with Gasteiger partial charge < -0.3 is 26.0 Å². The summed E-state index contributed by atoms with van der Waals surface area (Å²) in [4.78, 5) is 35.5. The molecule has 2 amide bonds. The number of para-hydroxylation sites is 1. The van der Waals surface area contributed by atoms with Crippen molar-refractivity contribution >= 4 is 24.9 Å². The summed E-state index contributed by atoms with van der Waals surface area (Å²) in [5.41, 5.74) is 0.813. The summed E-state index contributed by atoms with van der Waals surface area (Å²) in [7, 11) is -3.46. The molecule has 0 aromatic heterocycles. The van der Waals surface area contributed by atoms with Gasteiger partial charge in [-0.25, -0.2) is 0 Å². The number of anilines is 1. The quantitative estimate of drug-likeness (QED) is 0.292. The third kappa shape index (κ3) is 9.86. The highest BCUT2D eigenvalue weighted by Crippen LogP contribution is 2.45. The Balaban J connectivity index is 1.78. The van der Waals surface area contributed by atoms with Crippen molar-refractivity contribution in [3.63, 3.8) is 0 Å². The largest absolute Gasteiger partial charge is 0.391 e. The maximum absolute atomic E-state index is 12.7.